The minimum atomic E-state index is -0.232. The zero-order valence-corrected chi connectivity index (χ0v) is 9.91. The van der Waals surface area contributed by atoms with Crippen molar-refractivity contribution in [2.75, 3.05) is 11.9 Å². The Morgan fingerprint density at radius 3 is 2.82 bits per heavy atom. The summed E-state index contributed by atoms with van der Waals surface area (Å²) in [6.45, 7) is 2.59. The summed E-state index contributed by atoms with van der Waals surface area (Å²) in [6.07, 6.45) is 2.28. The van der Waals surface area contributed by atoms with Crippen molar-refractivity contribution < 1.29 is 9.60 Å². The molecule has 0 aliphatic heterocycles. The monoisotopic (exact) mass is 239 g/mol. The van der Waals surface area contributed by atoms with Crippen LogP contribution in [0.15, 0.2) is 23.4 Å². The molecule has 0 spiro atoms. The van der Waals surface area contributed by atoms with Gasteiger partial charge in [-0.1, -0.05) is 5.16 Å². The smallest absolute Gasteiger partial charge is 0.139 e. The first kappa shape index (κ1) is 13.3. The van der Waals surface area contributed by atoms with Crippen LogP contribution in [0.4, 0.5) is 10.1 Å². The van der Waals surface area contributed by atoms with Crippen LogP contribution in [0.25, 0.3) is 0 Å². The fourth-order valence-electron chi connectivity index (χ4n) is 1.55. The van der Waals surface area contributed by atoms with Gasteiger partial charge in [0.15, 0.2) is 0 Å². The Morgan fingerprint density at radius 2 is 2.18 bits per heavy atom. The maximum Gasteiger partial charge on any atom is 0.139 e. The summed E-state index contributed by atoms with van der Waals surface area (Å²) >= 11 is 0. The van der Waals surface area contributed by atoms with Crippen LogP contribution >= 0.6 is 0 Å². The van der Waals surface area contributed by atoms with E-state index in [0.29, 0.717) is 6.42 Å². The van der Waals surface area contributed by atoms with Crippen molar-refractivity contribution in [3.63, 3.8) is 0 Å². The van der Waals surface area contributed by atoms with Gasteiger partial charge in [0.2, 0.25) is 0 Å². The molecule has 0 atom stereocenters. The molecule has 5 heteroatoms. The Bertz CT molecular complexity index is 373. The van der Waals surface area contributed by atoms with E-state index in [9.17, 15) is 4.39 Å². The number of rotatable bonds is 6. The van der Waals surface area contributed by atoms with Gasteiger partial charge in [0, 0.05) is 18.7 Å². The predicted molar refractivity (Wildman–Crippen MR) is 66.9 cm³/mol. The molecule has 1 aromatic rings. The van der Waals surface area contributed by atoms with Gasteiger partial charge in [0.25, 0.3) is 0 Å². The molecule has 0 unspecified atom stereocenters. The number of oxime groups is 1. The normalized spacial score (nSPS) is 11.5. The molecule has 1 rings (SSSR count). The fourth-order valence-corrected chi connectivity index (χ4v) is 1.55. The Balaban J connectivity index is 2.26. The van der Waals surface area contributed by atoms with E-state index in [-0.39, 0.29) is 11.7 Å². The maximum atomic E-state index is 13.1. The van der Waals surface area contributed by atoms with E-state index in [1.165, 1.54) is 12.1 Å². The van der Waals surface area contributed by atoms with Crippen LogP contribution in [0, 0.1) is 12.7 Å². The molecule has 0 aliphatic rings. The lowest BCUT2D eigenvalue weighted by Gasteiger charge is -2.07. The molecular formula is C12H18FN3O. The van der Waals surface area contributed by atoms with Crippen molar-refractivity contribution in [1.82, 2.24) is 0 Å². The van der Waals surface area contributed by atoms with Crippen LogP contribution in [-0.4, -0.2) is 17.6 Å². The van der Waals surface area contributed by atoms with Gasteiger partial charge in [-0.25, -0.2) is 4.39 Å². The first-order valence-electron chi connectivity index (χ1n) is 5.59. The highest BCUT2D eigenvalue weighted by atomic mass is 19.1. The van der Waals surface area contributed by atoms with E-state index in [1.54, 1.807) is 0 Å². The molecule has 94 valence electrons. The van der Waals surface area contributed by atoms with Crippen molar-refractivity contribution >= 4 is 11.5 Å². The number of nitrogens with zero attached hydrogens (tertiary/aromatic N) is 1. The third-order valence-corrected chi connectivity index (χ3v) is 2.36. The van der Waals surface area contributed by atoms with Gasteiger partial charge in [0.1, 0.15) is 11.7 Å². The molecule has 0 radical (unpaired) electrons. The van der Waals surface area contributed by atoms with Crippen LogP contribution < -0.4 is 11.1 Å². The summed E-state index contributed by atoms with van der Waals surface area (Å²) in [4.78, 5) is 0. The highest BCUT2D eigenvalue weighted by molar-refractivity contribution is 5.79. The molecule has 0 bridgehead atoms. The summed E-state index contributed by atoms with van der Waals surface area (Å²) in [7, 11) is 0. The van der Waals surface area contributed by atoms with Crippen molar-refractivity contribution in [2.24, 2.45) is 10.9 Å². The van der Waals surface area contributed by atoms with E-state index in [0.717, 1.165) is 30.6 Å². The van der Waals surface area contributed by atoms with Gasteiger partial charge < -0.3 is 16.3 Å². The zero-order valence-electron chi connectivity index (χ0n) is 9.91. The number of nitrogens with two attached hydrogens (primary N) is 1. The second-order valence-corrected chi connectivity index (χ2v) is 3.99. The molecule has 0 amide bonds. The summed E-state index contributed by atoms with van der Waals surface area (Å²) in [6, 6.07) is 4.85. The Kier molecular flexibility index (Phi) is 5.26. The van der Waals surface area contributed by atoms with Crippen molar-refractivity contribution in [3.05, 3.63) is 29.6 Å². The van der Waals surface area contributed by atoms with E-state index in [1.807, 2.05) is 13.0 Å². The van der Waals surface area contributed by atoms with E-state index < -0.39 is 0 Å². The zero-order chi connectivity index (χ0) is 12.7. The van der Waals surface area contributed by atoms with Gasteiger partial charge in [-0.3, -0.25) is 0 Å². The number of nitrogens with one attached hydrogen (secondary N) is 1. The molecule has 1 aromatic carbocycles. The van der Waals surface area contributed by atoms with Crippen molar-refractivity contribution in [1.29, 1.82) is 0 Å². The van der Waals surface area contributed by atoms with Gasteiger partial charge in [-0.2, -0.15) is 0 Å². The third kappa shape index (κ3) is 5.19. The number of hydrogen-bond acceptors (Lipinski definition) is 3. The first-order valence-corrected chi connectivity index (χ1v) is 5.59. The molecule has 0 saturated heterocycles. The van der Waals surface area contributed by atoms with Crippen LogP contribution in [0.1, 0.15) is 24.8 Å². The predicted octanol–water partition coefficient (Wildman–Crippen LogP) is 2.46. The Hall–Kier alpha value is -1.78. The molecule has 0 saturated carbocycles. The number of amidine groups is 1. The second-order valence-electron chi connectivity index (χ2n) is 3.99. The average molecular weight is 239 g/mol. The molecule has 0 heterocycles. The van der Waals surface area contributed by atoms with E-state index in [2.05, 4.69) is 10.5 Å². The van der Waals surface area contributed by atoms with Gasteiger partial charge in [-0.15, -0.1) is 0 Å². The minimum absolute atomic E-state index is 0.232. The Morgan fingerprint density at radius 1 is 1.41 bits per heavy atom. The van der Waals surface area contributed by atoms with E-state index >= 15 is 0 Å². The van der Waals surface area contributed by atoms with Gasteiger partial charge in [-0.05, 0) is 43.5 Å². The van der Waals surface area contributed by atoms with Gasteiger partial charge in [0.05, 0.1) is 0 Å². The summed E-state index contributed by atoms with van der Waals surface area (Å²) < 4.78 is 13.1. The Labute approximate surface area is 100 Å². The average Bonchev–Trinajstić information content (AvgIpc) is 2.27. The fraction of sp³-hybridized carbons (Fsp3) is 0.417. The first-order chi connectivity index (χ1) is 8.11. The lowest BCUT2D eigenvalue weighted by molar-refractivity contribution is 0.316. The molecule has 4 N–H and O–H groups in total. The molecule has 0 fully saturated rings. The number of anilines is 1. The summed E-state index contributed by atoms with van der Waals surface area (Å²) in [5, 5.41) is 14.4. The highest BCUT2D eigenvalue weighted by Gasteiger charge is 1.98. The van der Waals surface area contributed by atoms with Gasteiger partial charge >= 0.3 is 0 Å². The number of halogens is 1. The number of unbranched alkanes of at least 4 members (excludes halogenated alkanes) is 1. The quantitative estimate of drug-likeness (QED) is 0.235. The highest BCUT2D eigenvalue weighted by Crippen LogP contribution is 2.13. The second kappa shape index (κ2) is 6.73. The lowest BCUT2D eigenvalue weighted by Crippen LogP contribution is -2.11. The van der Waals surface area contributed by atoms with Crippen molar-refractivity contribution in [2.45, 2.75) is 26.2 Å². The number of benzene rings is 1. The maximum absolute atomic E-state index is 13.1. The molecular weight excluding hydrogens is 221 g/mol. The van der Waals surface area contributed by atoms with Crippen LogP contribution in [0.5, 0.6) is 0 Å². The topological polar surface area (TPSA) is 70.6 Å². The SMILES string of the molecule is Cc1cc(F)cc(NCCCCC(N)=NO)c1. The van der Waals surface area contributed by atoms with Crippen LogP contribution in [0.3, 0.4) is 0 Å². The van der Waals surface area contributed by atoms with Crippen molar-refractivity contribution in [3.8, 4) is 0 Å². The minimum Gasteiger partial charge on any atom is -0.409 e. The molecule has 17 heavy (non-hydrogen) atoms. The standard InChI is InChI=1S/C12H18FN3O/c1-9-6-10(13)8-11(7-9)15-5-3-2-4-12(14)16-17/h6-8,15,17H,2-5H2,1H3,(H2,14,16). The lowest BCUT2D eigenvalue weighted by atomic mass is 10.2. The largest absolute Gasteiger partial charge is 0.409 e. The molecule has 0 aliphatic carbocycles. The van der Waals surface area contributed by atoms with Crippen LogP contribution in [0.2, 0.25) is 0 Å². The number of aryl methyl sites for hydroxylation is 1. The molecule has 4 nitrogen and oxygen atoms in total. The number of hydrogen-bond donors (Lipinski definition) is 3. The van der Waals surface area contributed by atoms with E-state index in [4.69, 9.17) is 10.9 Å². The third-order valence-electron chi connectivity index (χ3n) is 2.36. The van der Waals surface area contributed by atoms with Crippen LogP contribution in [-0.2, 0) is 0 Å². The summed E-state index contributed by atoms with van der Waals surface area (Å²) in [5.74, 6) is 0.00996. The summed E-state index contributed by atoms with van der Waals surface area (Å²) in [5.41, 5.74) is 7.01. The molecule has 0 aromatic heterocycles.